The van der Waals surface area contributed by atoms with Crippen LogP contribution in [-0.4, -0.2) is 24.2 Å². The number of carbonyl (C=O) groups is 1. The fourth-order valence-corrected chi connectivity index (χ4v) is 1.79. The molecule has 0 saturated carbocycles. The first kappa shape index (κ1) is 14.8. The maximum Gasteiger partial charge on any atom is 0.257 e. The second-order valence-corrected chi connectivity index (χ2v) is 4.47. The van der Waals surface area contributed by atoms with Gasteiger partial charge in [-0.2, -0.15) is 0 Å². The molecule has 0 aromatic heterocycles. The van der Waals surface area contributed by atoms with Crippen LogP contribution in [0.4, 0.5) is 4.39 Å². The monoisotopic (exact) mass is 289 g/mol. The van der Waals surface area contributed by atoms with Gasteiger partial charge in [-0.05, 0) is 42.3 Å². The van der Waals surface area contributed by atoms with Gasteiger partial charge in [0.15, 0.2) is 6.61 Å². The normalized spacial score (nSPS) is 10.1. The maximum atomic E-state index is 12.7. The van der Waals surface area contributed by atoms with E-state index >= 15 is 0 Å². The molecule has 0 unspecified atom stereocenters. The zero-order chi connectivity index (χ0) is 15.1. The van der Waals surface area contributed by atoms with Crippen molar-refractivity contribution in [3.63, 3.8) is 0 Å². The van der Waals surface area contributed by atoms with E-state index in [1.807, 2.05) is 6.07 Å². The number of para-hydroxylation sites is 1. The van der Waals surface area contributed by atoms with E-state index in [4.69, 9.17) is 4.74 Å². The Bertz CT molecular complexity index is 599. The van der Waals surface area contributed by atoms with E-state index in [9.17, 15) is 14.3 Å². The SMILES string of the molecule is O=C(COc1ccc(F)cc1)NCCc1ccccc1O. The lowest BCUT2D eigenvalue weighted by Gasteiger charge is -2.08. The molecule has 0 heterocycles. The van der Waals surface area contributed by atoms with Crippen LogP contribution < -0.4 is 10.1 Å². The third-order valence-corrected chi connectivity index (χ3v) is 2.89. The van der Waals surface area contributed by atoms with E-state index in [0.29, 0.717) is 18.7 Å². The average Bonchev–Trinajstić information content (AvgIpc) is 2.49. The molecule has 2 rings (SSSR count). The number of rotatable bonds is 6. The zero-order valence-corrected chi connectivity index (χ0v) is 11.4. The highest BCUT2D eigenvalue weighted by atomic mass is 19.1. The minimum atomic E-state index is -0.352. The predicted molar refractivity (Wildman–Crippen MR) is 76.7 cm³/mol. The number of ether oxygens (including phenoxy) is 1. The van der Waals surface area contributed by atoms with Crippen molar-refractivity contribution in [3.05, 3.63) is 59.9 Å². The largest absolute Gasteiger partial charge is 0.508 e. The minimum Gasteiger partial charge on any atom is -0.508 e. The van der Waals surface area contributed by atoms with Crippen LogP contribution in [0.15, 0.2) is 48.5 Å². The molecule has 0 fully saturated rings. The Balaban J connectivity index is 1.70. The summed E-state index contributed by atoms with van der Waals surface area (Å²) in [6.07, 6.45) is 0.537. The molecule has 1 amide bonds. The van der Waals surface area contributed by atoms with Crippen LogP contribution in [0.5, 0.6) is 11.5 Å². The van der Waals surface area contributed by atoms with Gasteiger partial charge >= 0.3 is 0 Å². The number of carbonyl (C=O) groups excluding carboxylic acids is 1. The minimum absolute atomic E-state index is 0.133. The number of nitrogens with one attached hydrogen (secondary N) is 1. The number of benzene rings is 2. The van der Waals surface area contributed by atoms with Gasteiger partial charge in [0.1, 0.15) is 17.3 Å². The number of hydrogen-bond donors (Lipinski definition) is 2. The Morgan fingerprint density at radius 3 is 2.57 bits per heavy atom. The van der Waals surface area contributed by atoms with Crippen LogP contribution >= 0.6 is 0 Å². The van der Waals surface area contributed by atoms with E-state index in [1.165, 1.54) is 24.3 Å². The molecule has 2 N–H and O–H groups in total. The Labute approximate surface area is 122 Å². The van der Waals surface area contributed by atoms with Crippen LogP contribution in [0.3, 0.4) is 0 Å². The summed E-state index contributed by atoms with van der Waals surface area (Å²) >= 11 is 0. The van der Waals surface area contributed by atoms with Crippen molar-refractivity contribution in [1.29, 1.82) is 0 Å². The van der Waals surface area contributed by atoms with Crippen molar-refractivity contribution in [2.75, 3.05) is 13.2 Å². The highest BCUT2D eigenvalue weighted by Gasteiger charge is 2.04. The Hall–Kier alpha value is -2.56. The summed E-state index contributed by atoms with van der Waals surface area (Å²) in [6, 6.07) is 12.4. The van der Waals surface area contributed by atoms with Crippen LogP contribution in [0, 0.1) is 5.82 Å². The van der Waals surface area contributed by atoms with Gasteiger partial charge in [-0.25, -0.2) is 4.39 Å². The summed E-state index contributed by atoms with van der Waals surface area (Å²) in [7, 11) is 0. The van der Waals surface area contributed by atoms with Crippen LogP contribution in [0.1, 0.15) is 5.56 Å². The summed E-state index contributed by atoms with van der Waals surface area (Å²) in [5.74, 6) is 0.0331. The Kier molecular flexibility index (Phi) is 5.15. The van der Waals surface area contributed by atoms with Gasteiger partial charge in [0.05, 0.1) is 0 Å². The summed E-state index contributed by atoms with van der Waals surface area (Å²) in [5, 5.41) is 12.3. The molecule has 0 aliphatic rings. The highest BCUT2D eigenvalue weighted by Crippen LogP contribution is 2.15. The van der Waals surface area contributed by atoms with Crippen LogP contribution in [0.25, 0.3) is 0 Å². The lowest BCUT2D eigenvalue weighted by molar-refractivity contribution is -0.123. The van der Waals surface area contributed by atoms with Crippen LogP contribution in [-0.2, 0) is 11.2 Å². The summed E-state index contributed by atoms with van der Waals surface area (Å²) < 4.78 is 17.9. The van der Waals surface area contributed by atoms with Gasteiger partial charge < -0.3 is 15.2 Å². The quantitative estimate of drug-likeness (QED) is 0.857. The first-order chi connectivity index (χ1) is 10.1. The molecule has 0 saturated heterocycles. The second-order valence-electron chi connectivity index (χ2n) is 4.47. The fraction of sp³-hybridized carbons (Fsp3) is 0.188. The van der Waals surface area contributed by atoms with Gasteiger partial charge in [-0.1, -0.05) is 18.2 Å². The van der Waals surface area contributed by atoms with Crippen LogP contribution in [0.2, 0.25) is 0 Å². The molecule has 0 spiro atoms. The lowest BCUT2D eigenvalue weighted by Crippen LogP contribution is -2.30. The van der Waals surface area contributed by atoms with Crippen molar-refractivity contribution in [2.24, 2.45) is 0 Å². The molecule has 0 aliphatic carbocycles. The van der Waals surface area contributed by atoms with Crippen molar-refractivity contribution in [2.45, 2.75) is 6.42 Å². The molecular weight excluding hydrogens is 273 g/mol. The third-order valence-electron chi connectivity index (χ3n) is 2.89. The molecular formula is C16H16FNO3. The van der Waals surface area contributed by atoms with Crippen molar-refractivity contribution >= 4 is 5.91 Å². The van der Waals surface area contributed by atoms with E-state index in [1.54, 1.807) is 18.2 Å². The number of phenols is 1. The second kappa shape index (κ2) is 7.28. The number of phenolic OH excluding ortho intramolecular Hbond substituents is 1. The summed E-state index contributed by atoms with van der Waals surface area (Å²) in [6.45, 7) is 0.273. The zero-order valence-electron chi connectivity index (χ0n) is 11.4. The molecule has 2 aromatic carbocycles. The van der Waals surface area contributed by atoms with Gasteiger partial charge in [-0.15, -0.1) is 0 Å². The third kappa shape index (κ3) is 4.80. The molecule has 4 nitrogen and oxygen atoms in total. The van der Waals surface area contributed by atoms with E-state index in [2.05, 4.69) is 5.32 Å². The number of aromatic hydroxyl groups is 1. The molecule has 21 heavy (non-hydrogen) atoms. The molecule has 0 aliphatic heterocycles. The first-order valence-electron chi connectivity index (χ1n) is 6.57. The van der Waals surface area contributed by atoms with Crippen molar-refractivity contribution in [3.8, 4) is 11.5 Å². The molecule has 110 valence electrons. The van der Waals surface area contributed by atoms with Gasteiger partial charge in [-0.3, -0.25) is 4.79 Å². The van der Waals surface area contributed by atoms with Crippen molar-refractivity contribution < 1.29 is 19.0 Å². The topological polar surface area (TPSA) is 58.6 Å². The molecule has 0 radical (unpaired) electrons. The molecule has 5 heteroatoms. The number of amides is 1. The average molecular weight is 289 g/mol. The molecule has 0 atom stereocenters. The van der Waals surface area contributed by atoms with E-state index < -0.39 is 0 Å². The predicted octanol–water partition coefficient (Wildman–Crippen LogP) is 2.27. The fourth-order valence-electron chi connectivity index (χ4n) is 1.79. The molecule has 2 aromatic rings. The summed E-state index contributed by atoms with van der Waals surface area (Å²) in [5.41, 5.74) is 0.775. The van der Waals surface area contributed by atoms with E-state index in [-0.39, 0.29) is 24.1 Å². The number of halogens is 1. The Morgan fingerprint density at radius 2 is 1.86 bits per heavy atom. The first-order valence-corrected chi connectivity index (χ1v) is 6.57. The highest BCUT2D eigenvalue weighted by molar-refractivity contribution is 5.77. The standard InChI is InChI=1S/C16H16FNO3/c17-13-5-7-14(8-6-13)21-11-16(20)18-10-9-12-3-1-2-4-15(12)19/h1-8,19H,9-11H2,(H,18,20). The van der Waals surface area contributed by atoms with E-state index in [0.717, 1.165) is 5.56 Å². The molecule has 0 bridgehead atoms. The number of hydrogen-bond acceptors (Lipinski definition) is 3. The Morgan fingerprint density at radius 1 is 1.14 bits per heavy atom. The van der Waals surface area contributed by atoms with Gasteiger partial charge in [0.2, 0.25) is 0 Å². The van der Waals surface area contributed by atoms with Crippen molar-refractivity contribution in [1.82, 2.24) is 5.32 Å². The lowest BCUT2D eigenvalue weighted by atomic mass is 10.1. The van der Waals surface area contributed by atoms with Gasteiger partial charge in [0, 0.05) is 6.54 Å². The maximum absolute atomic E-state index is 12.7. The smallest absolute Gasteiger partial charge is 0.257 e. The van der Waals surface area contributed by atoms with Gasteiger partial charge in [0.25, 0.3) is 5.91 Å². The summed E-state index contributed by atoms with van der Waals surface area (Å²) in [4.78, 5) is 11.6.